The lowest BCUT2D eigenvalue weighted by atomic mass is 9.96. The average Bonchev–Trinajstić information content (AvgIpc) is 3.54. The summed E-state index contributed by atoms with van der Waals surface area (Å²) >= 11 is 1.50. The fourth-order valence-corrected chi connectivity index (χ4v) is 6.48. The second-order valence-corrected chi connectivity index (χ2v) is 11.4. The molecular weight excluding hydrogens is 489 g/mol. The Balaban J connectivity index is 1.34. The van der Waals surface area contributed by atoms with E-state index in [4.69, 9.17) is 9.72 Å². The van der Waals surface area contributed by atoms with E-state index in [1.807, 2.05) is 6.07 Å². The number of hydrogen-bond acceptors (Lipinski definition) is 7. The number of likely N-dealkylation sites (N-methyl/N-ethyl adjacent to an activating group) is 1. The molecule has 2 aliphatic rings. The third kappa shape index (κ3) is 6.10. The highest BCUT2D eigenvalue weighted by atomic mass is 32.1. The van der Waals surface area contributed by atoms with Gasteiger partial charge in [-0.25, -0.2) is 14.4 Å². The average molecular weight is 526 g/mol. The van der Waals surface area contributed by atoms with Gasteiger partial charge in [0.05, 0.1) is 18.4 Å². The molecule has 0 radical (unpaired) electrons. The molecule has 9 heteroatoms. The Hall–Kier alpha value is -2.62. The Morgan fingerprint density at radius 3 is 2.68 bits per heavy atom. The van der Waals surface area contributed by atoms with Gasteiger partial charge in [0.1, 0.15) is 22.8 Å². The third-order valence-electron chi connectivity index (χ3n) is 7.48. The van der Waals surface area contributed by atoms with Crippen LogP contribution in [0.15, 0.2) is 30.6 Å². The molecule has 0 unspecified atom stereocenters. The fourth-order valence-electron chi connectivity index (χ4n) is 5.33. The monoisotopic (exact) mass is 525 g/mol. The predicted octanol–water partition coefficient (Wildman–Crippen LogP) is 4.46. The van der Waals surface area contributed by atoms with Gasteiger partial charge in [-0.1, -0.05) is 12.1 Å². The number of benzene rings is 1. The van der Waals surface area contributed by atoms with Crippen molar-refractivity contribution in [3.63, 3.8) is 0 Å². The Morgan fingerprint density at radius 2 is 1.95 bits per heavy atom. The summed E-state index contributed by atoms with van der Waals surface area (Å²) < 4.78 is 20.3. The van der Waals surface area contributed by atoms with Crippen LogP contribution in [0.25, 0.3) is 21.3 Å². The lowest BCUT2D eigenvalue weighted by molar-refractivity contribution is -0.127. The summed E-state index contributed by atoms with van der Waals surface area (Å²) in [7, 11) is 3.51. The highest BCUT2D eigenvalue weighted by Gasteiger charge is 2.27. The van der Waals surface area contributed by atoms with Crippen molar-refractivity contribution in [3.05, 3.63) is 41.3 Å². The number of fused-ring (bicyclic) bond motifs is 1. The second-order valence-electron chi connectivity index (χ2n) is 10.3. The molecule has 37 heavy (non-hydrogen) atoms. The Morgan fingerprint density at radius 1 is 1.16 bits per heavy atom. The molecule has 1 aromatic carbocycles. The minimum atomic E-state index is -0.300. The third-order valence-corrected chi connectivity index (χ3v) is 8.58. The van der Waals surface area contributed by atoms with Crippen LogP contribution in [0.5, 0.6) is 0 Å². The maximum absolute atomic E-state index is 14.3. The second kappa shape index (κ2) is 11.8. The summed E-state index contributed by atoms with van der Waals surface area (Å²) in [6.45, 7) is 6.85. The Labute approximate surface area is 222 Å². The molecule has 4 heterocycles. The summed E-state index contributed by atoms with van der Waals surface area (Å²) in [5.74, 6) is 1.12. The lowest BCUT2D eigenvalue weighted by Gasteiger charge is -2.33. The van der Waals surface area contributed by atoms with Gasteiger partial charge in [-0.3, -0.25) is 4.79 Å². The standard InChI is InChI=1S/C28H36FN5O2S/c1-32(2)24(35)17-23-25(21-6-5-7-22(29)16-21)26-27(30-19-31-28(26)37-23)34-12-8-20(9-13-34)18-36-15-14-33-10-3-4-11-33/h5-7,16,19-20H,3-4,8-15,17-18H2,1-2H3. The molecule has 0 atom stereocenters. The zero-order chi connectivity index (χ0) is 25.8. The largest absolute Gasteiger partial charge is 0.380 e. The first kappa shape index (κ1) is 26.0. The maximum Gasteiger partial charge on any atom is 0.227 e. The smallest absolute Gasteiger partial charge is 0.227 e. The van der Waals surface area contributed by atoms with Crippen molar-refractivity contribution in [2.45, 2.75) is 32.1 Å². The highest BCUT2D eigenvalue weighted by molar-refractivity contribution is 7.19. The van der Waals surface area contributed by atoms with Crippen LogP contribution in [0, 0.1) is 11.7 Å². The van der Waals surface area contributed by atoms with E-state index in [1.165, 1.54) is 49.4 Å². The molecule has 0 aliphatic carbocycles. The fraction of sp³-hybridized carbons (Fsp3) is 0.536. The lowest BCUT2D eigenvalue weighted by Crippen LogP contribution is -2.36. The van der Waals surface area contributed by atoms with Crippen LogP contribution in [0.3, 0.4) is 0 Å². The van der Waals surface area contributed by atoms with Crippen molar-refractivity contribution in [3.8, 4) is 11.1 Å². The van der Waals surface area contributed by atoms with Crippen LogP contribution in [-0.4, -0.2) is 85.7 Å². The van der Waals surface area contributed by atoms with Gasteiger partial charge < -0.3 is 19.4 Å². The van der Waals surface area contributed by atoms with Crippen LogP contribution in [-0.2, 0) is 16.0 Å². The molecule has 1 amide bonds. The predicted molar refractivity (Wildman–Crippen MR) is 147 cm³/mol. The topological polar surface area (TPSA) is 61.8 Å². The Bertz CT molecular complexity index is 1220. The van der Waals surface area contributed by atoms with Gasteiger partial charge in [0.15, 0.2) is 0 Å². The maximum atomic E-state index is 14.3. The molecule has 0 N–H and O–H groups in total. The number of likely N-dealkylation sites (tertiary alicyclic amines) is 1. The van der Waals surface area contributed by atoms with Gasteiger partial charge in [-0.05, 0) is 62.4 Å². The molecule has 2 aromatic heterocycles. The first-order valence-corrected chi connectivity index (χ1v) is 14.1. The number of hydrogen-bond donors (Lipinski definition) is 0. The zero-order valence-corrected chi connectivity index (χ0v) is 22.6. The van der Waals surface area contributed by atoms with Gasteiger partial charge in [0.25, 0.3) is 0 Å². The van der Waals surface area contributed by atoms with E-state index in [9.17, 15) is 9.18 Å². The molecule has 2 saturated heterocycles. The molecule has 2 fully saturated rings. The van der Waals surface area contributed by atoms with Crippen LogP contribution in [0.2, 0.25) is 0 Å². The van der Waals surface area contributed by atoms with E-state index in [2.05, 4.69) is 14.8 Å². The summed E-state index contributed by atoms with van der Waals surface area (Å²) in [4.78, 5) is 30.0. The van der Waals surface area contributed by atoms with Crippen molar-refractivity contribution in [2.75, 3.05) is 64.9 Å². The van der Waals surface area contributed by atoms with Crippen molar-refractivity contribution in [1.29, 1.82) is 0 Å². The van der Waals surface area contributed by atoms with Crippen molar-refractivity contribution >= 4 is 33.3 Å². The molecule has 3 aromatic rings. The van der Waals surface area contributed by atoms with Gasteiger partial charge >= 0.3 is 0 Å². The SMILES string of the molecule is CN(C)C(=O)Cc1sc2ncnc(N3CCC(COCCN4CCCC4)CC3)c2c1-c1cccc(F)c1. The number of carbonyl (C=O) groups excluding carboxylic acids is 1. The number of halogens is 1. The quantitative estimate of drug-likeness (QED) is 0.385. The number of thiophene rings is 1. The number of rotatable bonds is 9. The molecule has 0 bridgehead atoms. The number of amides is 1. The number of piperidine rings is 1. The number of carbonyl (C=O) groups is 1. The molecule has 5 rings (SSSR count). The van der Waals surface area contributed by atoms with Crippen LogP contribution < -0.4 is 4.90 Å². The van der Waals surface area contributed by atoms with Gasteiger partial charge in [-0.2, -0.15) is 0 Å². The number of anilines is 1. The van der Waals surface area contributed by atoms with Gasteiger partial charge in [-0.15, -0.1) is 11.3 Å². The van der Waals surface area contributed by atoms with E-state index in [0.717, 1.165) is 77.7 Å². The van der Waals surface area contributed by atoms with E-state index in [0.29, 0.717) is 5.92 Å². The molecule has 2 aliphatic heterocycles. The number of aromatic nitrogens is 2. The summed E-state index contributed by atoms with van der Waals surface area (Å²) in [5.41, 5.74) is 1.63. The normalized spacial score (nSPS) is 17.1. The first-order chi connectivity index (χ1) is 18.0. The summed E-state index contributed by atoms with van der Waals surface area (Å²) in [6.07, 6.45) is 6.56. The number of ether oxygens (including phenoxy) is 1. The first-order valence-electron chi connectivity index (χ1n) is 13.3. The number of nitrogens with zero attached hydrogens (tertiary/aromatic N) is 5. The van der Waals surface area contributed by atoms with E-state index >= 15 is 0 Å². The minimum Gasteiger partial charge on any atom is -0.380 e. The van der Waals surface area contributed by atoms with E-state index < -0.39 is 0 Å². The van der Waals surface area contributed by atoms with Gasteiger partial charge in [0.2, 0.25) is 5.91 Å². The van der Waals surface area contributed by atoms with Crippen LogP contribution in [0.4, 0.5) is 10.2 Å². The summed E-state index contributed by atoms with van der Waals surface area (Å²) in [6, 6.07) is 6.59. The van der Waals surface area contributed by atoms with Crippen LogP contribution in [0.1, 0.15) is 30.6 Å². The zero-order valence-electron chi connectivity index (χ0n) is 21.8. The van der Waals surface area contributed by atoms with Crippen molar-refractivity contribution < 1.29 is 13.9 Å². The van der Waals surface area contributed by atoms with Crippen molar-refractivity contribution in [2.24, 2.45) is 5.92 Å². The van der Waals surface area contributed by atoms with E-state index in [-0.39, 0.29) is 18.1 Å². The van der Waals surface area contributed by atoms with E-state index in [1.54, 1.807) is 31.4 Å². The molecule has 198 valence electrons. The Kier molecular flexibility index (Phi) is 8.32. The minimum absolute atomic E-state index is 0.00395. The molecular formula is C28H36FN5O2S. The highest BCUT2D eigenvalue weighted by Crippen LogP contribution is 2.43. The van der Waals surface area contributed by atoms with Crippen LogP contribution >= 0.6 is 11.3 Å². The van der Waals surface area contributed by atoms with Crippen molar-refractivity contribution in [1.82, 2.24) is 19.8 Å². The molecule has 0 spiro atoms. The molecule has 7 nitrogen and oxygen atoms in total. The van der Waals surface area contributed by atoms with Gasteiger partial charge in [0, 0.05) is 50.8 Å². The summed E-state index contributed by atoms with van der Waals surface area (Å²) in [5, 5.41) is 0.917. The molecule has 0 saturated carbocycles.